The molecule has 0 amide bonds. The molecule has 0 N–H and O–H groups in total. The van der Waals surface area contributed by atoms with Crippen molar-refractivity contribution in [1.82, 2.24) is 9.97 Å². The molecule has 22 heavy (non-hydrogen) atoms. The summed E-state index contributed by atoms with van der Waals surface area (Å²) in [6.45, 7) is 3.91. The Morgan fingerprint density at radius 1 is 1.00 bits per heavy atom. The molecule has 0 spiro atoms. The molecule has 112 valence electrons. The molecule has 4 heterocycles. The lowest BCUT2D eigenvalue weighted by Gasteiger charge is -2.28. The van der Waals surface area contributed by atoms with Crippen molar-refractivity contribution in [2.24, 2.45) is 0 Å². The van der Waals surface area contributed by atoms with E-state index >= 15 is 0 Å². The maximum atomic E-state index is 11.7. The van der Waals surface area contributed by atoms with Crippen molar-refractivity contribution >= 4 is 27.8 Å². The second-order valence-corrected chi connectivity index (χ2v) is 5.80. The minimum Gasteiger partial charge on any atom is -0.422 e. The van der Waals surface area contributed by atoms with Crippen LogP contribution in [0.2, 0.25) is 0 Å². The van der Waals surface area contributed by atoms with Crippen LogP contribution in [0.15, 0.2) is 33.5 Å². The summed E-state index contributed by atoms with van der Waals surface area (Å²) in [6.07, 6.45) is 3.59. The molecule has 0 aromatic carbocycles. The third kappa shape index (κ3) is 2.13. The highest BCUT2D eigenvalue weighted by Gasteiger charge is 2.18. The summed E-state index contributed by atoms with van der Waals surface area (Å²) >= 11 is 0. The highest BCUT2D eigenvalue weighted by atomic mass is 16.4. The molecule has 1 aliphatic heterocycles. The Balaban J connectivity index is 2.06. The minimum absolute atomic E-state index is 0.342. The average Bonchev–Trinajstić information content (AvgIpc) is 2.54. The van der Waals surface area contributed by atoms with Crippen molar-refractivity contribution in [2.45, 2.75) is 26.2 Å². The number of nitrogens with zero attached hydrogens (tertiary/aromatic N) is 3. The van der Waals surface area contributed by atoms with Crippen molar-refractivity contribution in [1.29, 1.82) is 0 Å². The highest BCUT2D eigenvalue weighted by Crippen LogP contribution is 2.31. The fourth-order valence-electron chi connectivity index (χ4n) is 3.11. The van der Waals surface area contributed by atoms with E-state index in [2.05, 4.69) is 9.88 Å². The van der Waals surface area contributed by atoms with Gasteiger partial charge in [0.1, 0.15) is 5.82 Å². The van der Waals surface area contributed by atoms with E-state index in [0.717, 1.165) is 35.4 Å². The first-order chi connectivity index (χ1) is 10.7. The average molecular weight is 295 g/mol. The van der Waals surface area contributed by atoms with Gasteiger partial charge >= 0.3 is 5.63 Å². The first-order valence-corrected chi connectivity index (χ1v) is 7.68. The summed E-state index contributed by atoms with van der Waals surface area (Å²) in [6, 6.07) is 7.12. The van der Waals surface area contributed by atoms with Gasteiger partial charge in [-0.25, -0.2) is 14.8 Å². The van der Waals surface area contributed by atoms with Gasteiger partial charge in [0.25, 0.3) is 0 Å². The minimum atomic E-state index is -0.342. The van der Waals surface area contributed by atoms with Crippen LogP contribution in [0.5, 0.6) is 0 Å². The number of fused-ring (bicyclic) bond motifs is 3. The SMILES string of the molecule is Cc1ccc2c(n1)nc(N1CCCCC1)c1ccc(=O)oc12. The number of rotatable bonds is 1. The summed E-state index contributed by atoms with van der Waals surface area (Å²) in [4.78, 5) is 23.2. The smallest absolute Gasteiger partial charge is 0.336 e. The number of anilines is 1. The second-order valence-electron chi connectivity index (χ2n) is 5.80. The van der Waals surface area contributed by atoms with Crippen LogP contribution in [0.25, 0.3) is 22.0 Å². The Morgan fingerprint density at radius 3 is 2.59 bits per heavy atom. The maximum absolute atomic E-state index is 11.7. The Hall–Kier alpha value is -2.43. The van der Waals surface area contributed by atoms with E-state index in [4.69, 9.17) is 9.40 Å². The molecule has 5 heteroatoms. The van der Waals surface area contributed by atoms with Crippen LogP contribution in [0.4, 0.5) is 5.82 Å². The zero-order valence-electron chi connectivity index (χ0n) is 12.5. The van der Waals surface area contributed by atoms with E-state index in [1.807, 2.05) is 25.1 Å². The molecule has 1 saturated heterocycles. The lowest BCUT2D eigenvalue weighted by molar-refractivity contribution is 0.560. The normalized spacial score (nSPS) is 15.6. The number of hydrogen-bond donors (Lipinski definition) is 0. The van der Waals surface area contributed by atoms with Gasteiger partial charge in [-0.15, -0.1) is 0 Å². The van der Waals surface area contributed by atoms with Crippen LogP contribution >= 0.6 is 0 Å². The Morgan fingerprint density at radius 2 is 1.77 bits per heavy atom. The predicted molar refractivity (Wildman–Crippen MR) is 86.4 cm³/mol. The van der Waals surface area contributed by atoms with E-state index < -0.39 is 0 Å². The lowest BCUT2D eigenvalue weighted by atomic mass is 10.1. The van der Waals surface area contributed by atoms with Crippen LogP contribution in [0.3, 0.4) is 0 Å². The molecule has 0 aliphatic carbocycles. The van der Waals surface area contributed by atoms with Crippen LogP contribution < -0.4 is 10.5 Å². The van der Waals surface area contributed by atoms with E-state index in [1.54, 1.807) is 0 Å². The molecular formula is C17H17N3O2. The Labute approximate surface area is 127 Å². The molecule has 1 aliphatic rings. The quantitative estimate of drug-likeness (QED) is 0.646. The number of aryl methyl sites for hydroxylation is 1. The third-order valence-electron chi connectivity index (χ3n) is 4.20. The second kappa shape index (κ2) is 5.09. The Kier molecular flexibility index (Phi) is 3.06. The van der Waals surface area contributed by atoms with Crippen molar-refractivity contribution < 1.29 is 4.42 Å². The fraction of sp³-hybridized carbons (Fsp3) is 0.353. The van der Waals surface area contributed by atoms with Crippen molar-refractivity contribution in [3.8, 4) is 0 Å². The van der Waals surface area contributed by atoms with Crippen LogP contribution in [-0.2, 0) is 0 Å². The van der Waals surface area contributed by atoms with Crippen LogP contribution in [0.1, 0.15) is 25.0 Å². The first kappa shape index (κ1) is 13.2. The molecule has 1 fully saturated rings. The molecule has 0 radical (unpaired) electrons. The van der Waals surface area contributed by atoms with E-state index in [-0.39, 0.29) is 5.63 Å². The zero-order valence-corrected chi connectivity index (χ0v) is 12.5. The van der Waals surface area contributed by atoms with E-state index in [9.17, 15) is 4.79 Å². The summed E-state index contributed by atoms with van der Waals surface area (Å²) in [5, 5.41) is 1.68. The molecule has 5 nitrogen and oxygen atoms in total. The molecule has 0 bridgehead atoms. The topological polar surface area (TPSA) is 59.2 Å². The largest absolute Gasteiger partial charge is 0.422 e. The molecule has 3 aromatic rings. The van der Waals surface area contributed by atoms with Gasteiger partial charge in [-0.3, -0.25) is 0 Å². The predicted octanol–water partition coefficient (Wildman–Crippen LogP) is 3.03. The summed E-state index contributed by atoms with van der Waals surface area (Å²) in [7, 11) is 0. The molecule has 0 unspecified atom stereocenters. The summed E-state index contributed by atoms with van der Waals surface area (Å²) in [5.74, 6) is 0.879. The molecule has 0 atom stereocenters. The number of piperidine rings is 1. The van der Waals surface area contributed by atoms with Crippen molar-refractivity contribution in [3.63, 3.8) is 0 Å². The standard InChI is InChI=1S/C17H17N3O2/c1-11-5-6-12-15-13(7-8-14(21)22-15)17(19-16(12)18-11)20-9-3-2-4-10-20/h5-8H,2-4,9-10H2,1H3. The van der Waals surface area contributed by atoms with Gasteiger partial charge in [-0.2, -0.15) is 0 Å². The Bertz CT molecular complexity index is 911. The third-order valence-corrected chi connectivity index (χ3v) is 4.20. The van der Waals surface area contributed by atoms with Gasteiger partial charge in [0.05, 0.1) is 10.8 Å². The van der Waals surface area contributed by atoms with Crippen molar-refractivity contribution in [2.75, 3.05) is 18.0 Å². The van der Waals surface area contributed by atoms with Crippen LogP contribution in [-0.4, -0.2) is 23.1 Å². The summed E-state index contributed by atoms with van der Waals surface area (Å²) in [5.41, 5.74) is 1.79. The number of aromatic nitrogens is 2. The lowest BCUT2D eigenvalue weighted by Crippen LogP contribution is -2.30. The molecule has 4 rings (SSSR count). The van der Waals surface area contributed by atoms with E-state index in [1.165, 1.54) is 25.3 Å². The van der Waals surface area contributed by atoms with Gasteiger partial charge in [0.15, 0.2) is 11.2 Å². The van der Waals surface area contributed by atoms with E-state index in [0.29, 0.717) is 11.2 Å². The molecule has 3 aromatic heterocycles. The van der Waals surface area contributed by atoms with Crippen molar-refractivity contribution in [3.05, 3.63) is 40.4 Å². The van der Waals surface area contributed by atoms with Gasteiger partial charge < -0.3 is 9.32 Å². The highest BCUT2D eigenvalue weighted by molar-refractivity contribution is 6.05. The maximum Gasteiger partial charge on any atom is 0.336 e. The fourth-order valence-corrected chi connectivity index (χ4v) is 3.11. The van der Waals surface area contributed by atoms with Gasteiger partial charge in [-0.05, 0) is 44.4 Å². The van der Waals surface area contributed by atoms with Crippen LogP contribution in [0, 0.1) is 6.92 Å². The summed E-state index contributed by atoms with van der Waals surface area (Å²) < 4.78 is 5.48. The van der Waals surface area contributed by atoms with Gasteiger partial charge in [0, 0.05) is 24.8 Å². The zero-order chi connectivity index (χ0) is 15.1. The molecular weight excluding hydrogens is 278 g/mol. The molecule has 0 saturated carbocycles. The number of pyridine rings is 2. The van der Waals surface area contributed by atoms with Gasteiger partial charge in [0.2, 0.25) is 0 Å². The monoisotopic (exact) mass is 295 g/mol. The van der Waals surface area contributed by atoms with Gasteiger partial charge in [-0.1, -0.05) is 0 Å². The first-order valence-electron chi connectivity index (χ1n) is 7.68. The number of hydrogen-bond acceptors (Lipinski definition) is 5.